The molecule has 1 aromatic rings. The van der Waals surface area contributed by atoms with Gasteiger partial charge in [0, 0.05) is 24.0 Å². The number of piperidine rings is 1. The van der Waals surface area contributed by atoms with Crippen molar-refractivity contribution in [2.24, 2.45) is 11.7 Å². The van der Waals surface area contributed by atoms with E-state index in [4.69, 9.17) is 5.73 Å². The maximum atomic E-state index is 12.5. The molecule has 20 heavy (non-hydrogen) atoms. The number of nitrogens with zero attached hydrogens (tertiary/aromatic N) is 1. The Hall–Kier alpha value is -0.580. The van der Waals surface area contributed by atoms with Gasteiger partial charge in [0.15, 0.2) is 0 Å². The highest BCUT2D eigenvalue weighted by molar-refractivity contribution is 7.14. The maximum absolute atomic E-state index is 12.5. The zero-order chi connectivity index (χ0) is 14.0. The van der Waals surface area contributed by atoms with Crippen LogP contribution in [0.3, 0.4) is 0 Å². The Morgan fingerprint density at radius 1 is 1.60 bits per heavy atom. The number of nitrogens with two attached hydrogens (primary N) is 1. The number of halogens is 1. The molecule has 2 rings (SSSR count). The SMILES string of the molecule is CCc1sc(C(=O)N2CCCC(C(C)N)C2)cc1C.Cl. The van der Waals surface area contributed by atoms with Crippen molar-refractivity contribution in [3.05, 3.63) is 21.4 Å². The Kier molecular flexibility index (Phi) is 6.49. The summed E-state index contributed by atoms with van der Waals surface area (Å²) >= 11 is 1.65. The Morgan fingerprint density at radius 3 is 2.85 bits per heavy atom. The lowest BCUT2D eigenvalue weighted by Gasteiger charge is -2.34. The van der Waals surface area contributed by atoms with E-state index >= 15 is 0 Å². The fourth-order valence-electron chi connectivity index (χ4n) is 2.76. The molecule has 0 spiro atoms. The number of likely N-dealkylation sites (tertiary alicyclic amines) is 1. The third-order valence-corrected chi connectivity index (χ3v) is 5.41. The van der Waals surface area contributed by atoms with Crippen molar-refractivity contribution in [3.63, 3.8) is 0 Å². The first kappa shape index (κ1) is 17.5. The largest absolute Gasteiger partial charge is 0.338 e. The van der Waals surface area contributed by atoms with Crippen molar-refractivity contribution in [1.29, 1.82) is 0 Å². The summed E-state index contributed by atoms with van der Waals surface area (Å²) < 4.78 is 0. The van der Waals surface area contributed by atoms with Crippen LogP contribution < -0.4 is 5.73 Å². The van der Waals surface area contributed by atoms with Crippen LogP contribution in [0.25, 0.3) is 0 Å². The zero-order valence-corrected chi connectivity index (χ0v) is 14.1. The number of carbonyl (C=O) groups is 1. The van der Waals surface area contributed by atoms with Crippen molar-refractivity contribution in [2.75, 3.05) is 13.1 Å². The molecule has 2 N–H and O–H groups in total. The van der Waals surface area contributed by atoms with Gasteiger partial charge in [-0.25, -0.2) is 0 Å². The highest BCUT2D eigenvalue weighted by Crippen LogP contribution is 2.26. The van der Waals surface area contributed by atoms with Crippen LogP contribution in [0.1, 0.15) is 46.8 Å². The number of rotatable bonds is 3. The van der Waals surface area contributed by atoms with Crippen LogP contribution in [0.2, 0.25) is 0 Å². The Morgan fingerprint density at radius 2 is 2.30 bits per heavy atom. The molecule has 1 saturated heterocycles. The van der Waals surface area contributed by atoms with Crippen molar-refractivity contribution >= 4 is 29.7 Å². The summed E-state index contributed by atoms with van der Waals surface area (Å²) in [5, 5.41) is 0. The Bertz CT molecular complexity index is 459. The van der Waals surface area contributed by atoms with Crippen molar-refractivity contribution in [1.82, 2.24) is 4.90 Å². The van der Waals surface area contributed by atoms with Gasteiger partial charge >= 0.3 is 0 Å². The third-order valence-electron chi connectivity index (χ3n) is 4.04. The predicted molar refractivity (Wildman–Crippen MR) is 88.0 cm³/mol. The molecule has 114 valence electrons. The molecule has 0 saturated carbocycles. The fraction of sp³-hybridized carbons (Fsp3) is 0.667. The first-order chi connectivity index (χ1) is 9.02. The van der Waals surface area contributed by atoms with E-state index in [-0.39, 0.29) is 24.4 Å². The highest BCUT2D eigenvalue weighted by atomic mass is 35.5. The normalized spacial score (nSPS) is 20.4. The van der Waals surface area contributed by atoms with Gasteiger partial charge in [-0.3, -0.25) is 4.79 Å². The van der Waals surface area contributed by atoms with E-state index in [0.717, 1.165) is 37.2 Å². The van der Waals surface area contributed by atoms with Gasteiger partial charge in [0.05, 0.1) is 4.88 Å². The minimum absolute atomic E-state index is 0. The fourth-order valence-corrected chi connectivity index (χ4v) is 3.84. The van der Waals surface area contributed by atoms with E-state index in [1.54, 1.807) is 11.3 Å². The quantitative estimate of drug-likeness (QED) is 0.930. The summed E-state index contributed by atoms with van der Waals surface area (Å²) in [5.41, 5.74) is 7.23. The van der Waals surface area contributed by atoms with E-state index in [0.29, 0.717) is 5.92 Å². The number of hydrogen-bond donors (Lipinski definition) is 1. The van der Waals surface area contributed by atoms with Gasteiger partial charge in [-0.2, -0.15) is 0 Å². The maximum Gasteiger partial charge on any atom is 0.263 e. The number of thiophene rings is 1. The van der Waals surface area contributed by atoms with Crippen LogP contribution in [0.15, 0.2) is 6.07 Å². The number of amides is 1. The summed E-state index contributed by atoms with van der Waals surface area (Å²) in [6.07, 6.45) is 3.22. The number of aryl methyl sites for hydroxylation is 2. The Balaban J connectivity index is 0.00000200. The van der Waals surface area contributed by atoms with Crippen molar-refractivity contribution < 1.29 is 4.79 Å². The molecule has 3 nitrogen and oxygen atoms in total. The molecule has 0 aliphatic carbocycles. The summed E-state index contributed by atoms with van der Waals surface area (Å²) in [6, 6.07) is 2.22. The molecular weight excluding hydrogens is 292 g/mol. The first-order valence-electron chi connectivity index (χ1n) is 7.17. The molecule has 2 unspecified atom stereocenters. The van der Waals surface area contributed by atoms with Crippen LogP contribution in [0, 0.1) is 12.8 Å². The molecular formula is C15H25ClN2OS. The van der Waals surface area contributed by atoms with E-state index in [9.17, 15) is 4.79 Å². The highest BCUT2D eigenvalue weighted by Gasteiger charge is 2.27. The molecule has 1 aliphatic rings. The molecule has 2 atom stereocenters. The second-order valence-electron chi connectivity index (χ2n) is 5.58. The van der Waals surface area contributed by atoms with Crippen LogP contribution in [-0.2, 0) is 6.42 Å². The van der Waals surface area contributed by atoms with Crippen molar-refractivity contribution in [3.8, 4) is 0 Å². The summed E-state index contributed by atoms with van der Waals surface area (Å²) in [4.78, 5) is 16.7. The van der Waals surface area contributed by atoms with Crippen LogP contribution in [0.5, 0.6) is 0 Å². The predicted octanol–water partition coefficient (Wildman–Crippen LogP) is 3.24. The molecule has 1 aromatic heterocycles. The molecule has 1 amide bonds. The minimum Gasteiger partial charge on any atom is -0.338 e. The molecule has 5 heteroatoms. The van der Waals surface area contributed by atoms with Crippen LogP contribution in [0.4, 0.5) is 0 Å². The molecule has 1 aliphatic heterocycles. The average Bonchev–Trinajstić information content (AvgIpc) is 2.79. The summed E-state index contributed by atoms with van der Waals surface area (Å²) in [7, 11) is 0. The van der Waals surface area contributed by atoms with Gasteiger partial charge in [0.1, 0.15) is 0 Å². The lowest BCUT2D eigenvalue weighted by Crippen LogP contribution is -2.44. The van der Waals surface area contributed by atoms with E-state index < -0.39 is 0 Å². The van der Waals surface area contributed by atoms with Gasteiger partial charge in [0.25, 0.3) is 5.91 Å². The number of carbonyl (C=O) groups excluding carboxylic acids is 1. The second kappa shape index (κ2) is 7.43. The summed E-state index contributed by atoms with van der Waals surface area (Å²) in [5.74, 6) is 0.641. The standard InChI is InChI=1S/C15H24N2OS.ClH/c1-4-13-10(2)8-14(19-13)15(18)17-7-5-6-12(9-17)11(3)16;/h8,11-12H,4-7,9,16H2,1-3H3;1H. The lowest BCUT2D eigenvalue weighted by atomic mass is 9.92. The van der Waals surface area contributed by atoms with Gasteiger partial charge in [-0.1, -0.05) is 6.92 Å². The Labute approximate surface area is 131 Å². The number of hydrogen-bond acceptors (Lipinski definition) is 3. The molecule has 1 fully saturated rings. The molecule has 0 aromatic carbocycles. The minimum atomic E-state index is 0. The third kappa shape index (κ3) is 3.74. The van der Waals surface area contributed by atoms with E-state index in [1.807, 2.05) is 17.9 Å². The average molecular weight is 317 g/mol. The van der Waals surface area contributed by atoms with E-state index in [2.05, 4.69) is 13.8 Å². The molecule has 2 heterocycles. The lowest BCUT2D eigenvalue weighted by molar-refractivity contribution is 0.0666. The monoisotopic (exact) mass is 316 g/mol. The van der Waals surface area contributed by atoms with Crippen LogP contribution >= 0.6 is 23.7 Å². The van der Waals surface area contributed by atoms with Crippen molar-refractivity contribution in [2.45, 2.75) is 46.1 Å². The van der Waals surface area contributed by atoms with E-state index in [1.165, 1.54) is 10.4 Å². The van der Waals surface area contributed by atoms with Gasteiger partial charge in [-0.05, 0) is 50.7 Å². The van der Waals surface area contributed by atoms with Crippen LogP contribution in [-0.4, -0.2) is 29.9 Å². The van der Waals surface area contributed by atoms with Gasteiger partial charge < -0.3 is 10.6 Å². The smallest absolute Gasteiger partial charge is 0.263 e. The zero-order valence-electron chi connectivity index (χ0n) is 12.5. The van der Waals surface area contributed by atoms with Gasteiger partial charge in [0.2, 0.25) is 0 Å². The second-order valence-corrected chi connectivity index (χ2v) is 6.72. The first-order valence-corrected chi connectivity index (χ1v) is 7.98. The topological polar surface area (TPSA) is 46.3 Å². The molecule has 0 radical (unpaired) electrons. The van der Waals surface area contributed by atoms with Gasteiger partial charge in [-0.15, -0.1) is 23.7 Å². The summed E-state index contributed by atoms with van der Waals surface area (Å²) in [6.45, 7) is 7.96. The molecule has 0 bridgehead atoms.